The van der Waals surface area contributed by atoms with Crippen LogP contribution in [0.1, 0.15) is 25.7 Å². The fourth-order valence-corrected chi connectivity index (χ4v) is 2.42. The van der Waals surface area contributed by atoms with Crippen molar-refractivity contribution in [3.05, 3.63) is 0 Å². The Morgan fingerprint density at radius 3 is 2.80 bits per heavy atom. The van der Waals surface area contributed by atoms with Crippen molar-refractivity contribution in [2.24, 2.45) is 5.41 Å². The van der Waals surface area contributed by atoms with Crippen molar-refractivity contribution in [2.75, 3.05) is 32.1 Å². The Labute approximate surface area is 96.6 Å². The zero-order chi connectivity index (χ0) is 10.7. The molecule has 1 heterocycles. The highest BCUT2D eigenvalue weighted by Crippen LogP contribution is 2.49. The zero-order valence-corrected chi connectivity index (χ0v) is 9.97. The molecule has 2 aliphatic rings. The van der Waals surface area contributed by atoms with Gasteiger partial charge in [0.05, 0.1) is 6.61 Å². The molecule has 0 aromatic carbocycles. The first-order valence-corrected chi connectivity index (χ1v) is 6.35. The van der Waals surface area contributed by atoms with Crippen LogP contribution in [0.2, 0.25) is 0 Å². The van der Waals surface area contributed by atoms with Gasteiger partial charge in [-0.25, -0.2) is 0 Å². The Bertz CT molecular complexity index is 233. The van der Waals surface area contributed by atoms with Crippen molar-refractivity contribution in [1.29, 1.82) is 0 Å². The highest BCUT2D eigenvalue weighted by Gasteiger charge is 2.43. The van der Waals surface area contributed by atoms with Crippen LogP contribution in [0.4, 0.5) is 0 Å². The number of hydrogen-bond acceptors (Lipinski definition) is 3. The summed E-state index contributed by atoms with van der Waals surface area (Å²) in [6.07, 6.45) is 4.01. The molecule has 3 nitrogen and oxygen atoms in total. The fourth-order valence-electron chi connectivity index (χ4n) is 2.00. The number of rotatable bonds is 3. The molecule has 0 atom stereocenters. The second-order valence-electron chi connectivity index (χ2n) is 4.68. The first kappa shape index (κ1) is 11.3. The summed E-state index contributed by atoms with van der Waals surface area (Å²) in [7, 11) is 0. The summed E-state index contributed by atoms with van der Waals surface area (Å²) in [6.45, 7) is 3.12. The second-order valence-corrected chi connectivity index (χ2v) is 5.00. The van der Waals surface area contributed by atoms with Crippen molar-refractivity contribution >= 4 is 18.5 Å². The van der Waals surface area contributed by atoms with Gasteiger partial charge in [0.2, 0.25) is 5.91 Å². The van der Waals surface area contributed by atoms with Crippen LogP contribution in [0.15, 0.2) is 0 Å². The van der Waals surface area contributed by atoms with E-state index >= 15 is 0 Å². The number of thiol groups is 1. The van der Waals surface area contributed by atoms with Crippen LogP contribution in [0.25, 0.3) is 0 Å². The molecule has 0 N–H and O–H groups in total. The molecule has 1 saturated carbocycles. The van der Waals surface area contributed by atoms with E-state index < -0.39 is 0 Å². The van der Waals surface area contributed by atoms with Gasteiger partial charge in [-0.1, -0.05) is 0 Å². The molecular weight excluding hydrogens is 210 g/mol. The van der Waals surface area contributed by atoms with E-state index in [9.17, 15) is 4.79 Å². The van der Waals surface area contributed by atoms with Gasteiger partial charge in [-0.05, 0) is 30.4 Å². The molecule has 0 aromatic heterocycles. The van der Waals surface area contributed by atoms with Gasteiger partial charge in [-0.3, -0.25) is 4.79 Å². The minimum absolute atomic E-state index is 0.243. The molecule has 2 fully saturated rings. The Morgan fingerprint density at radius 1 is 1.33 bits per heavy atom. The largest absolute Gasteiger partial charge is 0.380 e. The SMILES string of the molecule is O=C(CC1(CS)CC1)N1CCCOCC1. The van der Waals surface area contributed by atoms with Gasteiger partial charge in [0, 0.05) is 26.1 Å². The molecule has 2 rings (SSSR count). The lowest BCUT2D eigenvalue weighted by atomic mass is 10.0. The minimum atomic E-state index is 0.243. The standard InChI is InChI=1S/C11H19NO2S/c13-10(8-11(9-15)2-3-11)12-4-1-6-14-7-5-12/h15H,1-9H2. The monoisotopic (exact) mass is 229 g/mol. The molecule has 0 radical (unpaired) electrons. The van der Waals surface area contributed by atoms with Gasteiger partial charge in [-0.2, -0.15) is 12.6 Å². The highest BCUT2D eigenvalue weighted by molar-refractivity contribution is 7.80. The fraction of sp³-hybridized carbons (Fsp3) is 0.909. The zero-order valence-electron chi connectivity index (χ0n) is 9.07. The van der Waals surface area contributed by atoms with Crippen molar-refractivity contribution < 1.29 is 9.53 Å². The van der Waals surface area contributed by atoms with Gasteiger partial charge < -0.3 is 9.64 Å². The summed E-state index contributed by atoms with van der Waals surface area (Å²) in [5.41, 5.74) is 0.243. The topological polar surface area (TPSA) is 29.5 Å². The molecule has 0 aromatic rings. The van der Waals surface area contributed by atoms with Gasteiger partial charge in [0.15, 0.2) is 0 Å². The van der Waals surface area contributed by atoms with E-state index in [0.29, 0.717) is 18.9 Å². The number of carbonyl (C=O) groups is 1. The molecule has 0 spiro atoms. The van der Waals surface area contributed by atoms with Crippen molar-refractivity contribution in [3.63, 3.8) is 0 Å². The highest BCUT2D eigenvalue weighted by atomic mass is 32.1. The van der Waals surface area contributed by atoms with Crippen LogP contribution in [0.3, 0.4) is 0 Å². The third kappa shape index (κ3) is 2.88. The quantitative estimate of drug-likeness (QED) is 0.740. The van der Waals surface area contributed by atoms with Gasteiger partial charge in [0.25, 0.3) is 0 Å². The van der Waals surface area contributed by atoms with Crippen molar-refractivity contribution in [3.8, 4) is 0 Å². The lowest BCUT2D eigenvalue weighted by Crippen LogP contribution is -2.34. The van der Waals surface area contributed by atoms with Crippen LogP contribution >= 0.6 is 12.6 Å². The molecular formula is C11H19NO2S. The molecule has 0 unspecified atom stereocenters. The number of amides is 1. The third-order valence-corrected chi connectivity index (χ3v) is 4.06. The van der Waals surface area contributed by atoms with Gasteiger partial charge in [-0.15, -0.1) is 0 Å². The predicted octanol–water partition coefficient (Wildman–Crippen LogP) is 1.34. The van der Waals surface area contributed by atoms with Crippen LogP contribution in [0, 0.1) is 5.41 Å². The van der Waals surface area contributed by atoms with E-state index in [4.69, 9.17) is 4.74 Å². The Morgan fingerprint density at radius 2 is 2.13 bits per heavy atom. The maximum absolute atomic E-state index is 12.0. The average Bonchev–Trinajstić information content (AvgIpc) is 3.00. The van der Waals surface area contributed by atoms with Crippen molar-refractivity contribution in [2.45, 2.75) is 25.7 Å². The molecule has 4 heteroatoms. The Kier molecular flexibility index (Phi) is 3.57. The molecule has 15 heavy (non-hydrogen) atoms. The summed E-state index contributed by atoms with van der Waals surface area (Å²) in [4.78, 5) is 14.0. The van der Waals surface area contributed by atoms with Gasteiger partial charge >= 0.3 is 0 Å². The summed E-state index contributed by atoms with van der Waals surface area (Å²) >= 11 is 4.33. The predicted molar refractivity (Wildman–Crippen MR) is 62.2 cm³/mol. The lowest BCUT2D eigenvalue weighted by Gasteiger charge is -2.22. The van der Waals surface area contributed by atoms with E-state index in [1.165, 1.54) is 12.8 Å². The van der Waals surface area contributed by atoms with Crippen LogP contribution < -0.4 is 0 Å². The number of carbonyl (C=O) groups excluding carboxylic acids is 1. The van der Waals surface area contributed by atoms with Crippen LogP contribution in [-0.4, -0.2) is 42.9 Å². The number of ether oxygens (including phenoxy) is 1. The first-order valence-electron chi connectivity index (χ1n) is 5.72. The molecule has 1 saturated heterocycles. The summed E-state index contributed by atoms with van der Waals surface area (Å²) < 4.78 is 5.34. The smallest absolute Gasteiger partial charge is 0.223 e. The van der Waals surface area contributed by atoms with Crippen LogP contribution in [0.5, 0.6) is 0 Å². The summed E-state index contributed by atoms with van der Waals surface area (Å²) in [5.74, 6) is 1.15. The molecule has 86 valence electrons. The maximum Gasteiger partial charge on any atom is 0.223 e. The first-order chi connectivity index (χ1) is 7.26. The molecule has 1 aliphatic heterocycles. The van der Waals surface area contributed by atoms with E-state index in [2.05, 4.69) is 12.6 Å². The average molecular weight is 229 g/mol. The van der Waals surface area contributed by atoms with Crippen LogP contribution in [-0.2, 0) is 9.53 Å². The second kappa shape index (κ2) is 4.74. The third-order valence-electron chi connectivity index (χ3n) is 3.39. The normalized spacial score (nSPS) is 24.7. The molecule has 1 aliphatic carbocycles. The minimum Gasteiger partial charge on any atom is -0.380 e. The Hall–Kier alpha value is -0.220. The summed E-state index contributed by atoms with van der Waals surface area (Å²) in [6, 6.07) is 0. The number of nitrogens with zero attached hydrogens (tertiary/aromatic N) is 1. The van der Waals surface area contributed by atoms with Gasteiger partial charge in [0.1, 0.15) is 0 Å². The molecule has 1 amide bonds. The molecule has 0 bridgehead atoms. The van der Waals surface area contributed by atoms with Crippen molar-refractivity contribution in [1.82, 2.24) is 4.90 Å². The lowest BCUT2D eigenvalue weighted by molar-refractivity contribution is -0.132. The van der Waals surface area contributed by atoms with E-state index in [-0.39, 0.29) is 5.41 Å². The van der Waals surface area contributed by atoms with E-state index in [1.54, 1.807) is 0 Å². The number of hydrogen-bond donors (Lipinski definition) is 1. The maximum atomic E-state index is 12.0. The summed E-state index contributed by atoms with van der Waals surface area (Å²) in [5, 5.41) is 0. The van der Waals surface area contributed by atoms with E-state index in [0.717, 1.165) is 31.9 Å². The Balaban J connectivity index is 1.83. The van der Waals surface area contributed by atoms with E-state index in [1.807, 2.05) is 4.90 Å².